The largest absolute Gasteiger partial charge is 0.483 e. The Kier molecular flexibility index (Phi) is 9.23. The van der Waals surface area contributed by atoms with Crippen LogP contribution >= 0.6 is 11.8 Å². The molecular formula is C20H27N5O3S. The molecule has 2 heterocycles. The number of carbonyl (C=O) groups excluding carboxylic acids is 1. The van der Waals surface area contributed by atoms with E-state index in [1.807, 2.05) is 36.9 Å². The van der Waals surface area contributed by atoms with Gasteiger partial charge >= 0.3 is 6.03 Å². The summed E-state index contributed by atoms with van der Waals surface area (Å²) in [7, 11) is 0. The quantitative estimate of drug-likeness (QED) is 0.438. The monoisotopic (exact) mass is 417 g/mol. The Labute approximate surface area is 175 Å². The highest BCUT2D eigenvalue weighted by Gasteiger charge is 2.22. The Balaban J connectivity index is 0.000000941. The van der Waals surface area contributed by atoms with Crippen LogP contribution in [-0.4, -0.2) is 71.0 Å². The van der Waals surface area contributed by atoms with E-state index in [-0.39, 0.29) is 12.5 Å². The van der Waals surface area contributed by atoms with Crippen LogP contribution in [0.25, 0.3) is 0 Å². The van der Waals surface area contributed by atoms with Gasteiger partial charge in [0.2, 0.25) is 0 Å². The van der Waals surface area contributed by atoms with E-state index < -0.39 is 0 Å². The van der Waals surface area contributed by atoms with Crippen molar-refractivity contribution in [3.8, 4) is 0 Å². The number of thioether (sulfide) groups is 1. The molecule has 29 heavy (non-hydrogen) atoms. The third-order valence-corrected chi connectivity index (χ3v) is 5.58. The van der Waals surface area contributed by atoms with Gasteiger partial charge in [-0.2, -0.15) is 0 Å². The number of anilines is 1. The summed E-state index contributed by atoms with van der Waals surface area (Å²) in [6, 6.07) is 10.3. The highest BCUT2D eigenvalue weighted by atomic mass is 32.2. The maximum Gasteiger partial charge on any atom is 0.317 e. The minimum Gasteiger partial charge on any atom is -0.483 e. The highest BCUT2D eigenvalue weighted by molar-refractivity contribution is 7.99. The van der Waals surface area contributed by atoms with Crippen molar-refractivity contribution in [2.45, 2.75) is 18.7 Å². The van der Waals surface area contributed by atoms with Crippen molar-refractivity contribution < 1.29 is 14.7 Å². The molecule has 2 amide bonds. The van der Waals surface area contributed by atoms with Crippen molar-refractivity contribution in [1.29, 1.82) is 0 Å². The van der Waals surface area contributed by atoms with E-state index >= 15 is 0 Å². The van der Waals surface area contributed by atoms with Crippen LogP contribution in [0.15, 0.2) is 41.6 Å². The third kappa shape index (κ3) is 6.94. The second kappa shape index (κ2) is 11.9. The van der Waals surface area contributed by atoms with Gasteiger partial charge in [0.05, 0.1) is 0 Å². The molecule has 0 spiro atoms. The lowest BCUT2D eigenvalue weighted by atomic mass is 10.2. The van der Waals surface area contributed by atoms with E-state index in [9.17, 15) is 4.79 Å². The summed E-state index contributed by atoms with van der Waals surface area (Å²) in [4.78, 5) is 34.7. The molecule has 0 radical (unpaired) electrons. The Bertz CT molecular complexity index is 783. The van der Waals surface area contributed by atoms with Gasteiger partial charge in [0, 0.05) is 54.6 Å². The van der Waals surface area contributed by atoms with Gasteiger partial charge in [-0.15, -0.1) is 11.8 Å². The maximum atomic E-state index is 12.3. The number of hydrogen-bond donors (Lipinski definition) is 2. The topological polar surface area (TPSA) is 98.7 Å². The van der Waals surface area contributed by atoms with Crippen molar-refractivity contribution in [2.75, 3.05) is 43.4 Å². The number of amides is 2. The van der Waals surface area contributed by atoms with Gasteiger partial charge in [-0.3, -0.25) is 4.79 Å². The summed E-state index contributed by atoms with van der Waals surface area (Å²) in [6.07, 6.45) is 1.61. The van der Waals surface area contributed by atoms with Gasteiger partial charge in [-0.05, 0) is 26.0 Å². The van der Waals surface area contributed by atoms with Crippen molar-refractivity contribution in [2.24, 2.45) is 0 Å². The zero-order valence-electron chi connectivity index (χ0n) is 16.7. The Morgan fingerprint density at radius 2 is 1.83 bits per heavy atom. The number of rotatable bonds is 5. The molecule has 156 valence electrons. The molecule has 1 fully saturated rings. The van der Waals surface area contributed by atoms with Gasteiger partial charge in [0.25, 0.3) is 6.47 Å². The number of benzene rings is 1. The molecule has 1 aromatic carbocycles. The molecule has 8 nitrogen and oxygen atoms in total. The number of nitrogens with zero attached hydrogens (tertiary/aromatic N) is 4. The molecule has 2 N–H and O–H groups in total. The average Bonchev–Trinajstić information content (AvgIpc) is 2.74. The highest BCUT2D eigenvalue weighted by Crippen LogP contribution is 2.20. The van der Waals surface area contributed by atoms with Crippen LogP contribution in [0.4, 0.5) is 10.6 Å². The molecule has 2 aromatic rings. The van der Waals surface area contributed by atoms with Gasteiger partial charge < -0.3 is 20.2 Å². The van der Waals surface area contributed by atoms with Gasteiger partial charge in [0.15, 0.2) is 0 Å². The Morgan fingerprint density at radius 1 is 1.17 bits per heavy atom. The fraction of sp³-hybridized carbons (Fsp3) is 0.400. The summed E-state index contributed by atoms with van der Waals surface area (Å²) < 4.78 is 0. The number of piperazine rings is 1. The first kappa shape index (κ1) is 22.5. The van der Waals surface area contributed by atoms with Gasteiger partial charge in [-0.1, -0.05) is 18.2 Å². The van der Waals surface area contributed by atoms with E-state index in [0.717, 1.165) is 35.9 Å². The van der Waals surface area contributed by atoms with Gasteiger partial charge in [0.1, 0.15) is 12.1 Å². The Hall–Kier alpha value is -2.81. The van der Waals surface area contributed by atoms with Gasteiger partial charge in [-0.25, -0.2) is 14.8 Å². The van der Waals surface area contributed by atoms with E-state index in [0.29, 0.717) is 19.6 Å². The smallest absolute Gasteiger partial charge is 0.317 e. The van der Waals surface area contributed by atoms with E-state index in [1.54, 1.807) is 18.1 Å². The second-order valence-electron chi connectivity index (χ2n) is 6.38. The van der Waals surface area contributed by atoms with Crippen LogP contribution in [0.2, 0.25) is 0 Å². The van der Waals surface area contributed by atoms with Crippen LogP contribution in [0.1, 0.15) is 11.3 Å². The maximum absolute atomic E-state index is 12.3. The molecule has 3 rings (SSSR count). The summed E-state index contributed by atoms with van der Waals surface area (Å²) in [5.41, 5.74) is 2.12. The molecule has 9 heteroatoms. The number of hydrogen-bond acceptors (Lipinski definition) is 6. The number of aromatic nitrogens is 2. The predicted molar refractivity (Wildman–Crippen MR) is 115 cm³/mol. The number of carbonyl (C=O) groups is 2. The first-order valence-corrected chi connectivity index (χ1v) is 10.4. The zero-order chi connectivity index (χ0) is 21.1. The second-order valence-corrected chi connectivity index (χ2v) is 7.55. The molecule has 0 atom stereocenters. The molecule has 0 bridgehead atoms. The summed E-state index contributed by atoms with van der Waals surface area (Å²) in [6.45, 7) is 7.47. The molecule has 0 aliphatic carbocycles. The number of nitrogens with one attached hydrogen (secondary N) is 1. The lowest BCUT2D eigenvalue weighted by molar-refractivity contribution is -0.122. The van der Waals surface area contributed by atoms with Crippen LogP contribution in [0.3, 0.4) is 0 Å². The molecule has 0 unspecified atom stereocenters. The van der Waals surface area contributed by atoms with E-state index in [4.69, 9.17) is 9.90 Å². The minimum absolute atomic E-state index is 0.0221. The standard InChI is InChI=1S/C19H25N5OS.CH2O2/c1-15-16(2)21-14-22-18(15)23-9-11-24(12-10-23)19(25)20-8-13-26-17-6-4-3-5-7-17;2-1-3/h3-7,14H,8-13H2,1-2H3,(H,20,25);1H,(H,2,3). The summed E-state index contributed by atoms with van der Waals surface area (Å²) >= 11 is 1.75. The van der Waals surface area contributed by atoms with Crippen molar-refractivity contribution in [3.63, 3.8) is 0 Å². The van der Waals surface area contributed by atoms with Crippen molar-refractivity contribution >= 4 is 30.1 Å². The average molecular weight is 418 g/mol. The van der Waals surface area contributed by atoms with Crippen molar-refractivity contribution in [1.82, 2.24) is 20.2 Å². The van der Waals surface area contributed by atoms with Crippen LogP contribution in [0.5, 0.6) is 0 Å². The van der Waals surface area contributed by atoms with E-state index in [2.05, 4.69) is 32.3 Å². The number of urea groups is 1. The molecule has 1 aromatic heterocycles. The summed E-state index contributed by atoms with van der Waals surface area (Å²) in [5, 5.41) is 9.91. The lowest BCUT2D eigenvalue weighted by Gasteiger charge is -2.36. The first-order chi connectivity index (χ1) is 14.1. The summed E-state index contributed by atoms with van der Waals surface area (Å²) in [5.74, 6) is 1.85. The Morgan fingerprint density at radius 3 is 2.48 bits per heavy atom. The molecule has 0 saturated carbocycles. The molecule has 1 aliphatic heterocycles. The van der Waals surface area contributed by atoms with Crippen LogP contribution < -0.4 is 10.2 Å². The van der Waals surface area contributed by atoms with E-state index in [1.165, 1.54) is 4.90 Å². The fourth-order valence-corrected chi connectivity index (χ4v) is 3.71. The third-order valence-electron chi connectivity index (χ3n) is 4.57. The lowest BCUT2D eigenvalue weighted by Crippen LogP contribution is -2.52. The SMILES string of the molecule is Cc1ncnc(N2CCN(C(=O)NCCSc3ccccc3)CC2)c1C.O=CO. The predicted octanol–water partition coefficient (Wildman–Crippen LogP) is 2.42. The number of carboxylic acid groups (broad SMARTS) is 1. The molecular weight excluding hydrogens is 390 g/mol. The first-order valence-electron chi connectivity index (χ1n) is 9.38. The number of aryl methyl sites for hydroxylation is 1. The van der Waals surface area contributed by atoms with Crippen molar-refractivity contribution in [3.05, 3.63) is 47.9 Å². The fourth-order valence-electron chi connectivity index (χ4n) is 2.92. The minimum atomic E-state index is -0.250. The normalized spacial score (nSPS) is 13.3. The zero-order valence-corrected chi connectivity index (χ0v) is 17.6. The molecule has 1 aliphatic rings. The van der Waals surface area contributed by atoms with Crippen LogP contribution in [-0.2, 0) is 4.79 Å². The molecule has 1 saturated heterocycles. The van der Waals surface area contributed by atoms with Crippen LogP contribution in [0, 0.1) is 13.8 Å².